The number of benzene rings is 1. The van der Waals surface area contributed by atoms with E-state index in [2.05, 4.69) is 0 Å². The van der Waals surface area contributed by atoms with Gasteiger partial charge in [0, 0.05) is 6.54 Å². The minimum atomic E-state index is -0.668. The largest absolute Gasteiger partial charge is 0.444 e. The fraction of sp³-hybridized carbons (Fsp3) is 0.588. The predicted octanol–water partition coefficient (Wildman–Crippen LogP) is 3.51. The Morgan fingerprint density at radius 3 is 2.57 bits per heavy atom. The Morgan fingerprint density at radius 2 is 1.95 bits per heavy atom. The molecule has 0 spiro atoms. The third-order valence-corrected chi connectivity index (χ3v) is 3.68. The van der Waals surface area contributed by atoms with Crippen LogP contribution in [0.1, 0.15) is 51.7 Å². The van der Waals surface area contributed by atoms with Gasteiger partial charge >= 0.3 is 6.09 Å². The topological polar surface area (TPSA) is 49.8 Å². The fourth-order valence-corrected chi connectivity index (χ4v) is 2.71. The molecule has 1 saturated heterocycles. The van der Waals surface area contributed by atoms with Crippen molar-refractivity contribution in [3.8, 4) is 0 Å². The Hall–Kier alpha value is -1.55. The van der Waals surface area contributed by atoms with Crippen LogP contribution in [0.2, 0.25) is 0 Å². The number of hydrogen-bond acceptors (Lipinski definition) is 3. The Morgan fingerprint density at radius 1 is 1.29 bits per heavy atom. The quantitative estimate of drug-likeness (QED) is 0.907. The molecule has 0 radical (unpaired) electrons. The standard InChI is InChI=1S/C17H25NO3/c1-17(2,3)21-16(20)18-12-8-7-11-14(18)15(19)13-9-5-4-6-10-13/h4-6,9-10,14-15,19H,7-8,11-12H2,1-3H3/t14-,15+/m0/s1. The summed E-state index contributed by atoms with van der Waals surface area (Å²) < 4.78 is 5.47. The zero-order valence-corrected chi connectivity index (χ0v) is 13.1. The molecular weight excluding hydrogens is 266 g/mol. The molecular formula is C17H25NO3. The van der Waals surface area contributed by atoms with Crippen molar-refractivity contribution in [2.45, 2.75) is 57.8 Å². The average Bonchev–Trinajstić information content (AvgIpc) is 2.45. The second-order valence-corrected chi connectivity index (χ2v) is 6.59. The normalized spacial score (nSPS) is 21.0. The molecule has 1 fully saturated rings. The highest BCUT2D eigenvalue weighted by molar-refractivity contribution is 5.68. The molecule has 116 valence electrons. The first-order valence-corrected chi connectivity index (χ1v) is 7.61. The molecule has 0 unspecified atom stereocenters. The lowest BCUT2D eigenvalue weighted by Gasteiger charge is -2.39. The van der Waals surface area contributed by atoms with Crippen LogP contribution in [-0.2, 0) is 4.74 Å². The Labute approximate surface area is 126 Å². The van der Waals surface area contributed by atoms with Gasteiger partial charge in [-0.15, -0.1) is 0 Å². The lowest BCUT2D eigenvalue weighted by atomic mass is 9.93. The van der Waals surface area contributed by atoms with E-state index in [1.807, 2.05) is 51.1 Å². The summed E-state index contributed by atoms with van der Waals surface area (Å²) in [6, 6.07) is 9.30. The maximum atomic E-state index is 12.4. The first kappa shape index (κ1) is 15.8. The highest BCUT2D eigenvalue weighted by Crippen LogP contribution is 2.29. The van der Waals surface area contributed by atoms with E-state index in [-0.39, 0.29) is 12.1 Å². The van der Waals surface area contributed by atoms with Crippen molar-refractivity contribution in [2.75, 3.05) is 6.54 Å². The molecule has 1 N–H and O–H groups in total. The van der Waals surface area contributed by atoms with Gasteiger partial charge in [-0.2, -0.15) is 0 Å². The minimum Gasteiger partial charge on any atom is -0.444 e. The van der Waals surface area contributed by atoms with Crippen molar-refractivity contribution in [3.05, 3.63) is 35.9 Å². The summed E-state index contributed by atoms with van der Waals surface area (Å²) in [5.41, 5.74) is 0.328. The predicted molar refractivity (Wildman–Crippen MR) is 82.0 cm³/mol. The van der Waals surface area contributed by atoms with E-state index < -0.39 is 11.7 Å². The molecule has 1 aromatic rings. The van der Waals surface area contributed by atoms with E-state index in [1.54, 1.807) is 4.90 Å². The monoisotopic (exact) mass is 291 g/mol. The Kier molecular flexibility index (Phi) is 4.88. The first-order valence-electron chi connectivity index (χ1n) is 7.61. The lowest BCUT2D eigenvalue weighted by molar-refractivity contribution is -0.0169. The van der Waals surface area contributed by atoms with Crippen molar-refractivity contribution >= 4 is 6.09 Å². The van der Waals surface area contributed by atoms with Crippen LogP contribution in [0.3, 0.4) is 0 Å². The van der Waals surface area contributed by atoms with Gasteiger partial charge < -0.3 is 14.7 Å². The number of carbonyl (C=O) groups is 1. The molecule has 0 bridgehead atoms. The maximum Gasteiger partial charge on any atom is 0.410 e. The highest BCUT2D eigenvalue weighted by Gasteiger charge is 2.35. The summed E-state index contributed by atoms with van der Waals surface area (Å²) >= 11 is 0. The van der Waals surface area contributed by atoms with Gasteiger partial charge in [0.05, 0.1) is 12.1 Å². The van der Waals surface area contributed by atoms with Crippen LogP contribution in [0.25, 0.3) is 0 Å². The minimum absolute atomic E-state index is 0.212. The number of amides is 1. The van der Waals surface area contributed by atoms with Crippen molar-refractivity contribution in [1.29, 1.82) is 0 Å². The highest BCUT2D eigenvalue weighted by atomic mass is 16.6. The van der Waals surface area contributed by atoms with Crippen molar-refractivity contribution in [1.82, 2.24) is 4.90 Å². The molecule has 1 amide bonds. The van der Waals surface area contributed by atoms with Gasteiger partial charge in [0.2, 0.25) is 0 Å². The number of ether oxygens (including phenoxy) is 1. The first-order chi connectivity index (χ1) is 9.88. The molecule has 21 heavy (non-hydrogen) atoms. The Balaban J connectivity index is 2.13. The number of aliphatic hydroxyl groups excluding tert-OH is 1. The van der Waals surface area contributed by atoms with Gasteiger partial charge in [-0.3, -0.25) is 0 Å². The summed E-state index contributed by atoms with van der Waals surface area (Å²) in [6.07, 6.45) is 1.78. The number of likely N-dealkylation sites (tertiary alicyclic amines) is 1. The molecule has 1 aliphatic heterocycles. The molecule has 2 atom stereocenters. The van der Waals surface area contributed by atoms with Crippen molar-refractivity contribution in [2.24, 2.45) is 0 Å². The molecule has 1 aliphatic rings. The lowest BCUT2D eigenvalue weighted by Crippen LogP contribution is -2.48. The smallest absolute Gasteiger partial charge is 0.410 e. The average molecular weight is 291 g/mol. The van der Waals surface area contributed by atoms with E-state index in [0.29, 0.717) is 6.54 Å². The molecule has 1 heterocycles. The van der Waals surface area contributed by atoms with E-state index >= 15 is 0 Å². The fourth-order valence-electron chi connectivity index (χ4n) is 2.71. The second-order valence-electron chi connectivity index (χ2n) is 6.59. The number of rotatable bonds is 2. The van der Waals surface area contributed by atoms with Crippen molar-refractivity contribution < 1.29 is 14.6 Å². The number of nitrogens with zero attached hydrogens (tertiary/aromatic N) is 1. The zero-order chi connectivity index (χ0) is 15.5. The molecule has 2 rings (SSSR count). The molecule has 4 heteroatoms. The maximum absolute atomic E-state index is 12.4. The summed E-state index contributed by atoms with van der Waals surface area (Å²) in [7, 11) is 0. The van der Waals surface area contributed by atoms with Crippen LogP contribution in [-0.4, -0.2) is 34.3 Å². The zero-order valence-electron chi connectivity index (χ0n) is 13.1. The molecule has 0 saturated carbocycles. The van der Waals surface area contributed by atoms with E-state index in [0.717, 1.165) is 24.8 Å². The third kappa shape index (κ3) is 4.21. The summed E-state index contributed by atoms with van der Waals surface area (Å²) in [4.78, 5) is 14.0. The number of carbonyl (C=O) groups excluding carboxylic acids is 1. The second kappa shape index (κ2) is 6.48. The van der Waals surface area contributed by atoms with Gasteiger partial charge in [-0.05, 0) is 45.6 Å². The van der Waals surface area contributed by atoms with E-state index in [4.69, 9.17) is 4.74 Å². The SMILES string of the molecule is CC(C)(C)OC(=O)N1CCCC[C@H]1[C@H](O)c1ccccc1. The molecule has 4 nitrogen and oxygen atoms in total. The molecule has 0 aromatic heterocycles. The molecule has 1 aromatic carbocycles. The van der Waals surface area contributed by atoms with Crippen LogP contribution in [0, 0.1) is 0 Å². The summed E-state index contributed by atoms with van der Waals surface area (Å²) in [6.45, 7) is 6.22. The van der Waals surface area contributed by atoms with Gasteiger partial charge in [-0.1, -0.05) is 30.3 Å². The van der Waals surface area contributed by atoms with Crippen LogP contribution in [0.4, 0.5) is 4.79 Å². The van der Waals surface area contributed by atoms with Gasteiger partial charge in [-0.25, -0.2) is 4.79 Å². The Bertz CT molecular complexity index is 467. The van der Waals surface area contributed by atoms with Crippen LogP contribution < -0.4 is 0 Å². The number of hydrogen-bond donors (Lipinski definition) is 1. The van der Waals surface area contributed by atoms with E-state index in [9.17, 15) is 9.90 Å². The van der Waals surface area contributed by atoms with Gasteiger partial charge in [0.15, 0.2) is 0 Å². The number of piperidine rings is 1. The van der Waals surface area contributed by atoms with Crippen LogP contribution >= 0.6 is 0 Å². The van der Waals surface area contributed by atoms with Crippen molar-refractivity contribution in [3.63, 3.8) is 0 Å². The van der Waals surface area contributed by atoms with Gasteiger partial charge in [0.25, 0.3) is 0 Å². The summed E-state index contributed by atoms with van der Waals surface area (Å²) in [5.74, 6) is 0. The molecule has 0 aliphatic carbocycles. The van der Waals surface area contributed by atoms with Crippen LogP contribution in [0.5, 0.6) is 0 Å². The third-order valence-electron chi connectivity index (χ3n) is 3.68. The van der Waals surface area contributed by atoms with Gasteiger partial charge in [0.1, 0.15) is 5.60 Å². The summed E-state index contributed by atoms with van der Waals surface area (Å²) in [5, 5.41) is 10.6. The number of aliphatic hydroxyl groups is 1. The van der Waals surface area contributed by atoms with Crippen LogP contribution in [0.15, 0.2) is 30.3 Å². The van der Waals surface area contributed by atoms with E-state index in [1.165, 1.54) is 0 Å².